The lowest BCUT2D eigenvalue weighted by Gasteiger charge is -2.13. The van der Waals surface area contributed by atoms with Gasteiger partial charge in [0.15, 0.2) is 6.61 Å². The fourth-order valence-electron chi connectivity index (χ4n) is 2.11. The molecule has 0 saturated carbocycles. The number of nitrogens with one attached hydrogen (secondary N) is 1. The molecule has 126 valence electrons. The molecule has 0 heterocycles. The fourth-order valence-corrected chi connectivity index (χ4v) is 2.47. The van der Waals surface area contributed by atoms with E-state index in [1.165, 1.54) is 6.21 Å². The minimum absolute atomic E-state index is 0.119. The first-order chi connectivity index (χ1) is 11.4. The molecular weight excluding hydrogens is 347 g/mol. The van der Waals surface area contributed by atoms with Gasteiger partial charge in [-0.25, -0.2) is 5.43 Å². The van der Waals surface area contributed by atoms with Crippen molar-refractivity contribution in [1.82, 2.24) is 5.43 Å². The number of nitrogens with zero attached hydrogens (tertiary/aromatic N) is 1. The topological polar surface area (TPSA) is 50.7 Å². The van der Waals surface area contributed by atoms with E-state index in [1.54, 1.807) is 18.2 Å². The van der Waals surface area contributed by atoms with Gasteiger partial charge in [0.05, 0.1) is 16.3 Å². The van der Waals surface area contributed by atoms with Crippen molar-refractivity contribution in [3.05, 3.63) is 62.6 Å². The maximum Gasteiger partial charge on any atom is 0.277 e. The molecule has 2 aromatic carbocycles. The minimum atomic E-state index is -0.357. The van der Waals surface area contributed by atoms with Crippen molar-refractivity contribution in [2.45, 2.75) is 20.8 Å². The zero-order valence-electron chi connectivity index (χ0n) is 13.7. The molecule has 4 nitrogen and oxygen atoms in total. The van der Waals surface area contributed by atoms with Gasteiger partial charge in [-0.15, -0.1) is 0 Å². The third-order valence-electron chi connectivity index (χ3n) is 3.60. The molecule has 6 heteroatoms. The number of carbonyl (C=O) groups excluding carboxylic acids is 1. The quantitative estimate of drug-likeness (QED) is 0.629. The van der Waals surface area contributed by atoms with Gasteiger partial charge in [-0.05, 0) is 43.5 Å². The Labute approximate surface area is 151 Å². The predicted octanol–water partition coefficient (Wildman–Crippen LogP) is 4.45. The summed E-state index contributed by atoms with van der Waals surface area (Å²) in [6.07, 6.45) is 1.44. The van der Waals surface area contributed by atoms with Crippen LogP contribution in [0.3, 0.4) is 0 Å². The normalized spacial score (nSPS) is 10.9. The molecule has 0 aromatic heterocycles. The molecule has 0 aliphatic heterocycles. The molecule has 0 fully saturated rings. The van der Waals surface area contributed by atoms with Crippen molar-refractivity contribution in [1.29, 1.82) is 0 Å². The Morgan fingerprint density at radius 2 is 1.88 bits per heavy atom. The lowest BCUT2D eigenvalue weighted by Crippen LogP contribution is -2.25. The van der Waals surface area contributed by atoms with Gasteiger partial charge in [-0.2, -0.15) is 5.10 Å². The average molecular weight is 365 g/mol. The Hall–Kier alpha value is -2.04. The maximum atomic E-state index is 11.9. The van der Waals surface area contributed by atoms with E-state index in [1.807, 2.05) is 32.9 Å². The van der Waals surface area contributed by atoms with Crippen LogP contribution in [0.4, 0.5) is 0 Å². The molecule has 0 unspecified atom stereocenters. The Kier molecular flexibility index (Phi) is 6.23. The van der Waals surface area contributed by atoms with E-state index in [2.05, 4.69) is 10.5 Å². The van der Waals surface area contributed by atoms with Crippen molar-refractivity contribution in [3.63, 3.8) is 0 Å². The molecule has 2 rings (SSSR count). The van der Waals surface area contributed by atoms with Gasteiger partial charge in [0.2, 0.25) is 0 Å². The minimum Gasteiger partial charge on any atom is -0.483 e. The molecule has 24 heavy (non-hydrogen) atoms. The van der Waals surface area contributed by atoms with Crippen LogP contribution in [-0.4, -0.2) is 18.7 Å². The van der Waals surface area contributed by atoms with Crippen molar-refractivity contribution >= 4 is 35.3 Å². The van der Waals surface area contributed by atoms with E-state index >= 15 is 0 Å². The third kappa shape index (κ3) is 4.49. The monoisotopic (exact) mass is 364 g/mol. The van der Waals surface area contributed by atoms with Crippen molar-refractivity contribution < 1.29 is 9.53 Å². The molecular formula is C18H18Cl2N2O2. The van der Waals surface area contributed by atoms with Gasteiger partial charge < -0.3 is 4.74 Å². The number of benzene rings is 2. The predicted molar refractivity (Wildman–Crippen MR) is 98.3 cm³/mol. The molecule has 0 aliphatic carbocycles. The van der Waals surface area contributed by atoms with Crippen LogP contribution in [0.5, 0.6) is 5.75 Å². The largest absolute Gasteiger partial charge is 0.483 e. The van der Waals surface area contributed by atoms with Crippen LogP contribution >= 0.6 is 23.2 Å². The highest BCUT2D eigenvalue weighted by molar-refractivity contribution is 6.43. The van der Waals surface area contributed by atoms with Crippen molar-refractivity contribution in [2.24, 2.45) is 5.10 Å². The smallest absolute Gasteiger partial charge is 0.277 e. The molecule has 0 saturated heterocycles. The molecule has 1 N–H and O–H groups in total. The Morgan fingerprint density at radius 3 is 2.62 bits per heavy atom. The SMILES string of the molecule is Cc1ccc(C)c(OCC(=O)NN=Cc2cccc(Cl)c2Cl)c1C. The number of amides is 1. The summed E-state index contributed by atoms with van der Waals surface area (Å²) in [5.41, 5.74) is 6.15. The number of hydrogen-bond acceptors (Lipinski definition) is 3. The standard InChI is InChI=1S/C18H18Cl2N2O2/c1-11-7-8-12(2)18(13(11)3)24-10-16(23)22-21-9-14-5-4-6-15(19)17(14)20/h4-9H,10H2,1-3H3,(H,22,23). The first kappa shape index (κ1) is 18.3. The molecule has 2 aromatic rings. The van der Waals surface area contributed by atoms with E-state index in [0.29, 0.717) is 15.6 Å². The van der Waals surface area contributed by atoms with E-state index < -0.39 is 0 Å². The summed E-state index contributed by atoms with van der Waals surface area (Å²) >= 11 is 12.0. The number of ether oxygens (including phenoxy) is 1. The Balaban J connectivity index is 1.94. The van der Waals surface area contributed by atoms with Gasteiger partial charge in [0, 0.05) is 5.56 Å². The van der Waals surface area contributed by atoms with E-state index in [4.69, 9.17) is 27.9 Å². The number of rotatable bonds is 5. The highest BCUT2D eigenvalue weighted by Gasteiger charge is 2.09. The third-order valence-corrected chi connectivity index (χ3v) is 4.43. The van der Waals surface area contributed by atoms with Crippen molar-refractivity contribution in [3.8, 4) is 5.75 Å². The Morgan fingerprint density at radius 1 is 1.17 bits per heavy atom. The number of aryl methyl sites for hydroxylation is 2. The van der Waals surface area contributed by atoms with Crippen LogP contribution in [0.2, 0.25) is 10.0 Å². The molecule has 0 spiro atoms. The first-order valence-corrected chi connectivity index (χ1v) is 8.11. The number of hydrazone groups is 1. The summed E-state index contributed by atoms with van der Waals surface area (Å²) in [7, 11) is 0. The van der Waals surface area contributed by atoms with Gasteiger partial charge in [0.25, 0.3) is 5.91 Å². The summed E-state index contributed by atoms with van der Waals surface area (Å²) < 4.78 is 5.62. The molecule has 0 atom stereocenters. The number of hydrogen-bond donors (Lipinski definition) is 1. The van der Waals surface area contributed by atoms with Gasteiger partial charge in [0.1, 0.15) is 5.75 Å². The summed E-state index contributed by atoms with van der Waals surface area (Å²) in [5.74, 6) is 0.372. The lowest BCUT2D eigenvalue weighted by atomic mass is 10.1. The maximum absolute atomic E-state index is 11.9. The number of carbonyl (C=O) groups is 1. The zero-order valence-corrected chi connectivity index (χ0v) is 15.2. The molecule has 1 amide bonds. The summed E-state index contributed by atoms with van der Waals surface area (Å²) in [6.45, 7) is 5.79. The number of halogens is 2. The summed E-state index contributed by atoms with van der Waals surface area (Å²) in [6, 6.07) is 9.18. The highest BCUT2D eigenvalue weighted by Crippen LogP contribution is 2.25. The van der Waals surface area contributed by atoms with Crippen LogP contribution in [0.15, 0.2) is 35.4 Å². The average Bonchev–Trinajstić information content (AvgIpc) is 2.55. The zero-order chi connectivity index (χ0) is 17.7. The van der Waals surface area contributed by atoms with Crippen LogP contribution < -0.4 is 10.2 Å². The van der Waals surface area contributed by atoms with Crippen LogP contribution in [0.25, 0.3) is 0 Å². The first-order valence-electron chi connectivity index (χ1n) is 7.35. The molecule has 0 aliphatic rings. The van der Waals surface area contributed by atoms with E-state index in [0.717, 1.165) is 22.4 Å². The second-order valence-electron chi connectivity index (χ2n) is 5.38. The fraction of sp³-hybridized carbons (Fsp3) is 0.222. The van der Waals surface area contributed by atoms with Gasteiger partial charge in [-0.3, -0.25) is 4.79 Å². The highest BCUT2D eigenvalue weighted by atomic mass is 35.5. The van der Waals surface area contributed by atoms with Crippen LogP contribution in [-0.2, 0) is 4.79 Å². The second kappa shape index (κ2) is 8.18. The van der Waals surface area contributed by atoms with Crippen molar-refractivity contribution in [2.75, 3.05) is 6.61 Å². The van der Waals surface area contributed by atoms with E-state index in [9.17, 15) is 4.79 Å². The molecule has 0 radical (unpaired) electrons. The Bertz CT molecular complexity index is 789. The second-order valence-corrected chi connectivity index (χ2v) is 6.16. The van der Waals surface area contributed by atoms with Crippen LogP contribution in [0, 0.1) is 20.8 Å². The molecule has 0 bridgehead atoms. The van der Waals surface area contributed by atoms with Gasteiger partial charge >= 0.3 is 0 Å². The van der Waals surface area contributed by atoms with E-state index in [-0.39, 0.29) is 12.5 Å². The lowest BCUT2D eigenvalue weighted by molar-refractivity contribution is -0.123. The van der Waals surface area contributed by atoms with Gasteiger partial charge in [-0.1, -0.05) is 47.5 Å². The summed E-state index contributed by atoms with van der Waals surface area (Å²) in [4.78, 5) is 11.9. The van der Waals surface area contributed by atoms with Crippen LogP contribution in [0.1, 0.15) is 22.3 Å². The summed E-state index contributed by atoms with van der Waals surface area (Å²) in [5, 5.41) is 4.69.